The molecule has 0 aliphatic rings. The predicted molar refractivity (Wildman–Crippen MR) is 61.8 cm³/mol. The highest BCUT2D eigenvalue weighted by atomic mass is 19.1. The Kier molecular flexibility index (Phi) is 5.96. The Morgan fingerprint density at radius 2 is 2.18 bits per heavy atom. The van der Waals surface area contributed by atoms with Gasteiger partial charge < -0.3 is 9.47 Å². The highest BCUT2D eigenvalue weighted by Gasteiger charge is 1.99. The van der Waals surface area contributed by atoms with Crippen LogP contribution in [0.15, 0.2) is 36.4 Å². The second kappa shape index (κ2) is 7.57. The van der Waals surface area contributed by atoms with Crippen molar-refractivity contribution in [2.75, 3.05) is 13.2 Å². The Bertz CT molecular complexity index is 388. The maximum Gasteiger partial charge on any atom is 0.330 e. The lowest BCUT2D eigenvalue weighted by atomic mass is 10.2. The van der Waals surface area contributed by atoms with Gasteiger partial charge in [-0.1, -0.05) is 24.3 Å². The molecule has 1 rings (SSSR count). The van der Waals surface area contributed by atoms with Gasteiger partial charge >= 0.3 is 5.97 Å². The van der Waals surface area contributed by atoms with Gasteiger partial charge in [0.1, 0.15) is 5.82 Å². The first kappa shape index (κ1) is 13.4. The molecule has 0 bridgehead atoms. The molecule has 4 heteroatoms. The van der Waals surface area contributed by atoms with Crippen LogP contribution >= 0.6 is 0 Å². The van der Waals surface area contributed by atoms with Gasteiger partial charge in [-0.15, -0.1) is 0 Å². The maximum absolute atomic E-state index is 13.2. The lowest BCUT2D eigenvalue weighted by Crippen LogP contribution is -2.00. The fourth-order valence-corrected chi connectivity index (χ4v) is 1.19. The Morgan fingerprint density at radius 1 is 1.41 bits per heavy atom. The molecule has 92 valence electrons. The molecule has 0 unspecified atom stereocenters. The van der Waals surface area contributed by atoms with Crippen LogP contribution in [0.4, 0.5) is 4.39 Å². The van der Waals surface area contributed by atoms with Crippen LogP contribution in [0.1, 0.15) is 12.5 Å². The van der Waals surface area contributed by atoms with Gasteiger partial charge in [-0.05, 0) is 13.0 Å². The van der Waals surface area contributed by atoms with E-state index >= 15 is 0 Å². The summed E-state index contributed by atoms with van der Waals surface area (Å²) in [5.41, 5.74) is 0.497. The van der Waals surface area contributed by atoms with E-state index in [2.05, 4.69) is 4.74 Å². The van der Waals surface area contributed by atoms with Gasteiger partial charge in [-0.25, -0.2) is 9.18 Å². The van der Waals surface area contributed by atoms with Crippen LogP contribution in [0.3, 0.4) is 0 Å². The van der Waals surface area contributed by atoms with Gasteiger partial charge in [-0.2, -0.15) is 0 Å². The molecule has 0 fully saturated rings. The van der Waals surface area contributed by atoms with Gasteiger partial charge in [0, 0.05) is 11.6 Å². The van der Waals surface area contributed by atoms with Crippen LogP contribution in [-0.4, -0.2) is 19.2 Å². The zero-order valence-corrected chi connectivity index (χ0v) is 9.69. The first-order valence-corrected chi connectivity index (χ1v) is 5.38. The van der Waals surface area contributed by atoms with Crippen LogP contribution in [0.2, 0.25) is 0 Å². The number of benzene rings is 1. The molecule has 0 heterocycles. The van der Waals surface area contributed by atoms with Crippen molar-refractivity contribution in [1.82, 2.24) is 0 Å². The Morgan fingerprint density at radius 3 is 2.88 bits per heavy atom. The molecule has 0 amide bonds. The maximum atomic E-state index is 13.2. The SMILES string of the molecule is CCOC(=O)/C=C/COCc1ccccc1F. The van der Waals surface area contributed by atoms with Gasteiger partial charge in [0.25, 0.3) is 0 Å². The molecule has 0 spiro atoms. The number of carbonyl (C=O) groups excluding carboxylic acids is 1. The number of ether oxygens (including phenoxy) is 2. The summed E-state index contributed by atoms with van der Waals surface area (Å²) >= 11 is 0. The molecular weight excluding hydrogens is 223 g/mol. The van der Waals surface area contributed by atoms with E-state index in [-0.39, 0.29) is 19.0 Å². The van der Waals surface area contributed by atoms with Gasteiger partial charge in [0.15, 0.2) is 0 Å². The highest BCUT2D eigenvalue weighted by molar-refractivity contribution is 5.81. The summed E-state index contributed by atoms with van der Waals surface area (Å²) in [4.78, 5) is 10.9. The molecule has 3 nitrogen and oxygen atoms in total. The van der Waals surface area contributed by atoms with Gasteiger partial charge in [-0.3, -0.25) is 0 Å². The van der Waals surface area contributed by atoms with E-state index in [0.717, 1.165) is 0 Å². The second-order valence-electron chi connectivity index (χ2n) is 3.26. The fraction of sp³-hybridized carbons (Fsp3) is 0.308. The summed E-state index contributed by atoms with van der Waals surface area (Å²) < 4.78 is 23.0. The number of hydrogen-bond acceptors (Lipinski definition) is 3. The smallest absolute Gasteiger partial charge is 0.330 e. The molecule has 1 aromatic rings. The first-order valence-electron chi connectivity index (χ1n) is 5.38. The summed E-state index contributed by atoms with van der Waals surface area (Å²) in [6, 6.07) is 6.41. The van der Waals surface area contributed by atoms with Crippen LogP contribution in [0.5, 0.6) is 0 Å². The average Bonchev–Trinajstić information content (AvgIpc) is 2.31. The van der Waals surface area contributed by atoms with Gasteiger partial charge in [0.2, 0.25) is 0 Å². The molecular formula is C13H15FO3. The number of hydrogen-bond donors (Lipinski definition) is 0. The summed E-state index contributed by atoms with van der Waals surface area (Å²) in [5.74, 6) is -0.691. The number of carbonyl (C=O) groups is 1. The van der Waals surface area contributed by atoms with Crippen LogP contribution in [-0.2, 0) is 20.9 Å². The van der Waals surface area contributed by atoms with Crippen molar-refractivity contribution in [3.05, 3.63) is 47.8 Å². The highest BCUT2D eigenvalue weighted by Crippen LogP contribution is 2.07. The quantitative estimate of drug-likeness (QED) is 0.434. The van der Waals surface area contributed by atoms with Crippen molar-refractivity contribution < 1.29 is 18.7 Å². The molecule has 0 N–H and O–H groups in total. The van der Waals surface area contributed by atoms with Crippen molar-refractivity contribution in [2.45, 2.75) is 13.5 Å². The summed E-state index contributed by atoms with van der Waals surface area (Å²) in [5, 5.41) is 0. The first-order chi connectivity index (χ1) is 8.24. The van der Waals surface area contributed by atoms with E-state index < -0.39 is 5.97 Å². The minimum atomic E-state index is -0.401. The Hall–Kier alpha value is -1.68. The van der Waals surface area contributed by atoms with E-state index in [1.54, 1.807) is 31.2 Å². The monoisotopic (exact) mass is 238 g/mol. The standard InChI is InChI=1S/C13H15FO3/c1-2-17-13(15)8-5-9-16-10-11-6-3-4-7-12(11)14/h3-8H,2,9-10H2,1H3/b8-5+. The van der Waals surface area contributed by atoms with Crippen molar-refractivity contribution >= 4 is 5.97 Å². The molecule has 0 saturated carbocycles. The summed E-state index contributed by atoms with van der Waals surface area (Å²) in [6.07, 6.45) is 2.84. The Balaban J connectivity index is 2.25. The predicted octanol–water partition coefficient (Wildman–Crippen LogP) is 2.46. The Labute approximate surface area is 99.9 Å². The van der Waals surface area contributed by atoms with Gasteiger partial charge in [0.05, 0.1) is 19.8 Å². The lowest BCUT2D eigenvalue weighted by Gasteiger charge is -2.02. The van der Waals surface area contributed by atoms with Crippen LogP contribution in [0.25, 0.3) is 0 Å². The molecule has 0 saturated heterocycles. The largest absolute Gasteiger partial charge is 0.463 e. The van der Waals surface area contributed by atoms with Crippen molar-refractivity contribution in [3.8, 4) is 0 Å². The fourth-order valence-electron chi connectivity index (χ4n) is 1.19. The van der Waals surface area contributed by atoms with E-state index in [1.807, 2.05) is 0 Å². The van der Waals surface area contributed by atoms with E-state index in [4.69, 9.17) is 4.74 Å². The third-order valence-corrected chi connectivity index (χ3v) is 1.97. The average molecular weight is 238 g/mol. The molecule has 17 heavy (non-hydrogen) atoms. The normalized spacial score (nSPS) is 10.7. The molecule has 0 radical (unpaired) electrons. The zero-order chi connectivity index (χ0) is 12.5. The minimum absolute atomic E-state index is 0.180. The number of rotatable bonds is 6. The molecule has 0 aliphatic carbocycles. The molecule has 0 aromatic heterocycles. The molecule has 1 aromatic carbocycles. The summed E-state index contributed by atoms with van der Waals surface area (Å²) in [6.45, 7) is 2.51. The minimum Gasteiger partial charge on any atom is -0.463 e. The second-order valence-corrected chi connectivity index (χ2v) is 3.26. The van der Waals surface area contributed by atoms with E-state index in [1.165, 1.54) is 12.1 Å². The lowest BCUT2D eigenvalue weighted by molar-refractivity contribution is -0.137. The van der Waals surface area contributed by atoms with E-state index in [0.29, 0.717) is 12.2 Å². The molecule has 0 atom stereocenters. The van der Waals surface area contributed by atoms with E-state index in [9.17, 15) is 9.18 Å². The van der Waals surface area contributed by atoms with Crippen molar-refractivity contribution in [2.24, 2.45) is 0 Å². The zero-order valence-electron chi connectivity index (χ0n) is 9.69. The van der Waals surface area contributed by atoms with Crippen molar-refractivity contribution in [1.29, 1.82) is 0 Å². The third kappa shape index (κ3) is 5.26. The van der Waals surface area contributed by atoms with Crippen molar-refractivity contribution in [3.63, 3.8) is 0 Å². The topological polar surface area (TPSA) is 35.5 Å². The third-order valence-electron chi connectivity index (χ3n) is 1.97. The van der Waals surface area contributed by atoms with Crippen LogP contribution in [0, 0.1) is 5.82 Å². The number of halogens is 1. The summed E-state index contributed by atoms with van der Waals surface area (Å²) in [7, 11) is 0. The number of esters is 1. The van der Waals surface area contributed by atoms with Crippen LogP contribution < -0.4 is 0 Å². The molecule has 0 aliphatic heterocycles.